The zero-order valence-corrected chi connectivity index (χ0v) is 23.1. The number of benzene rings is 3. The van der Waals surface area contributed by atoms with Crippen LogP contribution in [0.4, 0.5) is 5.69 Å². The lowest BCUT2D eigenvalue weighted by Crippen LogP contribution is -2.52. The molecule has 36 heavy (non-hydrogen) atoms. The summed E-state index contributed by atoms with van der Waals surface area (Å²) in [6.07, 6.45) is 1.27. The highest BCUT2D eigenvalue weighted by Gasteiger charge is 2.33. The van der Waals surface area contributed by atoms with Crippen molar-refractivity contribution in [2.45, 2.75) is 19.0 Å². The Hall–Kier alpha value is -2.88. The van der Waals surface area contributed by atoms with Crippen LogP contribution < -0.4 is 9.62 Å². The molecule has 10 heteroatoms. The van der Waals surface area contributed by atoms with Gasteiger partial charge in [0.15, 0.2) is 0 Å². The molecule has 2 amide bonds. The molecule has 7 nitrogen and oxygen atoms in total. The van der Waals surface area contributed by atoms with Crippen molar-refractivity contribution in [3.63, 3.8) is 0 Å². The molecular formula is C26H27BrClN3O4S. The zero-order valence-electron chi connectivity index (χ0n) is 19.9. The molecule has 0 saturated heterocycles. The Morgan fingerprint density at radius 3 is 2.14 bits per heavy atom. The summed E-state index contributed by atoms with van der Waals surface area (Å²) in [5.74, 6) is -0.888. The van der Waals surface area contributed by atoms with Gasteiger partial charge >= 0.3 is 0 Å². The monoisotopic (exact) mass is 591 g/mol. The average molecular weight is 593 g/mol. The van der Waals surface area contributed by atoms with Gasteiger partial charge in [0.25, 0.3) is 0 Å². The van der Waals surface area contributed by atoms with E-state index in [1.165, 1.54) is 18.0 Å². The molecule has 0 aliphatic carbocycles. The fourth-order valence-electron chi connectivity index (χ4n) is 3.76. The van der Waals surface area contributed by atoms with Crippen molar-refractivity contribution in [1.82, 2.24) is 10.2 Å². The smallest absolute Gasteiger partial charge is 0.244 e. The Morgan fingerprint density at radius 2 is 1.56 bits per heavy atom. The lowest BCUT2D eigenvalue weighted by Gasteiger charge is -2.33. The topological polar surface area (TPSA) is 86.8 Å². The summed E-state index contributed by atoms with van der Waals surface area (Å²) in [6.45, 7) is -0.404. The Kier molecular flexibility index (Phi) is 9.53. The number of likely N-dealkylation sites (N-methyl/N-ethyl adjacent to an activating group) is 1. The van der Waals surface area contributed by atoms with E-state index in [0.717, 1.165) is 26.2 Å². The predicted octanol–water partition coefficient (Wildman–Crippen LogP) is 4.25. The molecule has 3 rings (SSSR count). The summed E-state index contributed by atoms with van der Waals surface area (Å²) >= 11 is 9.68. The summed E-state index contributed by atoms with van der Waals surface area (Å²) in [5.41, 5.74) is 1.85. The van der Waals surface area contributed by atoms with E-state index in [9.17, 15) is 18.0 Å². The molecule has 190 valence electrons. The Morgan fingerprint density at radius 1 is 0.944 bits per heavy atom. The second-order valence-electron chi connectivity index (χ2n) is 8.19. The Bertz CT molecular complexity index is 1300. The molecule has 3 aromatic carbocycles. The highest BCUT2D eigenvalue weighted by Crippen LogP contribution is 2.27. The lowest BCUT2D eigenvalue weighted by atomic mass is 10.0. The molecular weight excluding hydrogens is 566 g/mol. The fourth-order valence-corrected chi connectivity index (χ4v) is 5.17. The summed E-state index contributed by atoms with van der Waals surface area (Å²) < 4.78 is 27.2. The molecule has 0 spiro atoms. The van der Waals surface area contributed by atoms with Crippen LogP contribution in [-0.2, 0) is 32.6 Å². The third-order valence-electron chi connectivity index (χ3n) is 5.58. The van der Waals surface area contributed by atoms with E-state index in [4.69, 9.17) is 11.6 Å². The van der Waals surface area contributed by atoms with Crippen molar-refractivity contribution in [3.05, 3.63) is 99.5 Å². The molecule has 0 aliphatic rings. The fraction of sp³-hybridized carbons (Fsp3) is 0.231. The molecule has 0 fully saturated rings. The van der Waals surface area contributed by atoms with E-state index in [-0.39, 0.29) is 29.6 Å². The van der Waals surface area contributed by atoms with Gasteiger partial charge in [-0.05, 0) is 35.4 Å². The maximum absolute atomic E-state index is 13.8. The quantitative estimate of drug-likeness (QED) is 0.381. The normalized spacial score (nSPS) is 12.0. The van der Waals surface area contributed by atoms with E-state index >= 15 is 0 Å². The first-order valence-electron chi connectivity index (χ1n) is 11.1. The Balaban J connectivity index is 2.03. The number of nitrogens with one attached hydrogen (secondary N) is 1. The van der Waals surface area contributed by atoms with Crippen molar-refractivity contribution in [2.24, 2.45) is 0 Å². The standard InChI is InChI=1S/C26H27BrClN3O4S/c1-29-26(33)24(16-19-8-4-3-5-9-19)30(17-20-12-14-21(27)15-13-20)25(32)18-31(36(2,34)35)23-11-7-6-10-22(23)28/h3-15,24H,16-18H2,1-2H3,(H,29,33). The van der Waals surface area contributed by atoms with Crippen LogP contribution in [-0.4, -0.2) is 51.0 Å². The molecule has 1 unspecified atom stereocenters. The van der Waals surface area contributed by atoms with Crippen LogP contribution in [0.5, 0.6) is 0 Å². The number of rotatable bonds is 10. The van der Waals surface area contributed by atoms with Crippen LogP contribution in [0.2, 0.25) is 5.02 Å². The van der Waals surface area contributed by atoms with Crippen LogP contribution in [0.1, 0.15) is 11.1 Å². The van der Waals surface area contributed by atoms with Gasteiger partial charge < -0.3 is 10.2 Å². The summed E-state index contributed by atoms with van der Waals surface area (Å²) in [6, 6.07) is 22.3. The van der Waals surface area contributed by atoms with Gasteiger partial charge in [-0.15, -0.1) is 0 Å². The summed E-state index contributed by atoms with van der Waals surface area (Å²) in [4.78, 5) is 28.3. The summed E-state index contributed by atoms with van der Waals surface area (Å²) in [5, 5.41) is 2.84. The van der Waals surface area contributed by atoms with E-state index in [1.54, 1.807) is 18.2 Å². The number of hydrogen-bond donors (Lipinski definition) is 1. The van der Waals surface area contributed by atoms with Crippen LogP contribution >= 0.6 is 27.5 Å². The second-order valence-corrected chi connectivity index (χ2v) is 11.4. The molecule has 0 saturated carbocycles. The van der Waals surface area contributed by atoms with E-state index in [0.29, 0.717) is 0 Å². The number of carbonyl (C=O) groups excluding carboxylic acids is 2. The molecule has 0 radical (unpaired) electrons. The molecule has 1 N–H and O–H groups in total. The molecule has 0 aromatic heterocycles. The zero-order chi connectivity index (χ0) is 26.3. The minimum Gasteiger partial charge on any atom is -0.357 e. The predicted molar refractivity (Wildman–Crippen MR) is 146 cm³/mol. The first-order chi connectivity index (χ1) is 17.1. The van der Waals surface area contributed by atoms with Gasteiger partial charge in [0.1, 0.15) is 12.6 Å². The van der Waals surface area contributed by atoms with E-state index in [2.05, 4.69) is 21.2 Å². The molecule has 0 aliphatic heterocycles. The first-order valence-corrected chi connectivity index (χ1v) is 14.1. The number of amides is 2. The number of halogens is 2. The number of anilines is 1. The van der Waals surface area contributed by atoms with Crippen LogP contribution in [0, 0.1) is 0 Å². The van der Waals surface area contributed by atoms with Crippen LogP contribution in [0.25, 0.3) is 0 Å². The maximum Gasteiger partial charge on any atom is 0.244 e. The largest absolute Gasteiger partial charge is 0.357 e. The van der Waals surface area contributed by atoms with Crippen molar-refractivity contribution in [3.8, 4) is 0 Å². The number of nitrogens with zero attached hydrogens (tertiary/aromatic N) is 2. The highest BCUT2D eigenvalue weighted by molar-refractivity contribution is 9.10. The number of sulfonamides is 1. The average Bonchev–Trinajstić information content (AvgIpc) is 2.85. The number of hydrogen-bond acceptors (Lipinski definition) is 4. The first kappa shape index (κ1) is 27.7. The van der Waals surface area contributed by atoms with E-state index < -0.39 is 28.5 Å². The van der Waals surface area contributed by atoms with Gasteiger partial charge in [0.05, 0.1) is 17.0 Å². The van der Waals surface area contributed by atoms with Gasteiger partial charge in [0.2, 0.25) is 21.8 Å². The third-order valence-corrected chi connectivity index (χ3v) is 7.56. The van der Waals surface area contributed by atoms with Crippen molar-refractivity contribution >= 4 is 55.1 Å². The number of carbonyl (C=O) groups is 2. The van der Waals surface area contributed by atoms with Crippen LogP contribution in [0.3, 0.4) is 0 Å². The SMILES string of the molecule is CNC(=O)C(Cc1ccccc1)N(Cc1ccc(Br)cc1)C(=O)CN(c1ccccc1Cl)S(C)(=O)=O. The summed E-state index contributed by atoms with van der Waals surface area (Å²) in [7, 11) is -2.35. The molecule has 3 aromatic rings. The lowest BCUT2D eigenvalue weighted by molar-refractivity contribution is -0.139. The van der Waals surface area contributed by atoms with E-state index in [1.807, 2.05) is 54.6 Å². The molecule has 0 bridgehead atoms. The third kappa shape index (κ3) is 7.32. The maximum atomic E-state index is 13.8. The minimum atomic E-state index is -3.86. The van der Waals surface area contributed by atoms with Crippen molar-refractivity contribution < 1.29 is 18.0 Å². The highest BCUT2D eigenvalue weighted by atomic mass is 79.9. The van der Waals surface area contributed by atoms with Gasteiger partial charge in [-0.25, -0.2) is 8.42 Å². The van der Waals surface area contributed by atoms with Gasteiger partial charge in [0, 0.05) is 24.5 Å². The minimum absolute atomic E-state index is 0.108. The van der Waals surface area contributed by atoms with Gasteiger partial charge in [-0.3, -0.25) is 13.9 Å². The van der Waals surface area contributed by atoms with Crippen molar-refractivity contribution in [1.29, 1.82) is 0 Å². The Labute approximate surface area is 225 Å². The van der Waals surface area contributed by atoms with Crippen LogP contribution in [0.15, 0.2) is 83.3 Å². The van der Waals surface area contributed by atoms with Gasteiger partial charge in [-0.1, -0.05) is 82.1 Å². The van der Waals surface area contributed by atoms with Gasteiger partial charge in [-0.2, -0.15) is 0 Å². The molecule has 0 heterocycles. The second kappa shape index (κ2) is 12.4. The number of para-hydroxylation sites is 1. The molecule has 1 atom stereocenters. The van der Waals surface area contributed by atoms with Crippen molar-refractivity contribution in [2.75, 3.05) is 24.2 Å².